The van der Waals surface area contributed by atoms with Crippen molar-refractivity contribution >= 4 is 27.6 Å². The Hall–Kier alpha value is -4.29. The molecule has 274 valence electrons. The molecular formula is C33H30F7N3O6S2. The highest BCUT2D eigenvalue weighted by Gasteiger charge is 2.50. The lowest BCUT2D eigenvalue weighted by Crippen LogP contribution is -2.30. The fourth-order valence-corrected chi connectivity index (χ4v) is 6.37. The van der Waals surface area contributed by atoms with Crippen LogP contribution in [0.4, 0.5) is 36.4 Å². The first kappa shape index (κ1) is 38.0. The smallest absolute Gasteiger partial charge is 0.497 e. The monoisotopic (exact) mass is 761 g/mol. The zero-order chi connectivity index (χ0) is 37.3. The highest BCUT2D eigenvalue weighted by molar-refractivity contribution is 7.98. The van der Waals surface area contributed by atoms with Crippen molar-refractivity contribution in [2.45, 2.75) is 56.0 Å². The van der Waals surface area contributed by atoms with Crippen molar-refractivity contribution in [1.29, 1.82) is 0 Å². The average Bonchev–Trinajstić information content (AvgIpc) is 3.07. The first-order valence-corrected chi connectivity index (χ1v) is 17.6. The van der Waals surface area contributed by atoms with Crippen LogP contribution in [0.2, 0.25) is 0 Å². The number of aromatic nitrogens is 2. The van der Waals surface area contributed by atoms with E-state index in [0.717, 1.165) is 17.8 Å². The molecule has 1 aliphatic rings. The number of ether oxygens (including phenoxy) is 3. The Morgan fingerprint density at radius 3 is 1.94 bits per heavy atom. The predicted molar refractivity (Wildman–Crippen MR) is 173 cm³/mol. The molecule has 1 unspecified atom stereocenters. The van der Waals surface area contributed by atoms with Crippen LogP contribution in [0.5, 0.6) is 17.4 Å². The van der Waals surface area contributed by atoms with Gasteiger partial charge in [-0.2, -0.15) is 39.7 Å². The third kappa shape index (κ3) is 8.28. The largest absolute Gasteiger partial charge is 0.534 e. The van der Waals surface area contributed by atoms with Crippen molar-refractivity contribution < 1.29 is 57.5 Å². The van der Waals surface area contributed by atoms with Crippen LogP contribution in [0.3, 0.4) is 0 Å². The van der Waals surface area contributed by atoms with Gasteiger partial charge in [-0.1, -0.05) is 36.0 Å². The van der Waals surface area contributed by atoms with Gasteiger partial charge in [-0.25, -0.2) is 9.37 Å². The summed E-state index contributed by atoms with van der Waals surface area (Å²) in [5.41, 5.74) is -7.54. The lowest BCUT2D eigenvalue weighted by molar-refractivity contribution is -0.140. The minimum atomic E-state index is -6.17. The highest BCUT2D eigenvalue weighted by atomic mass is 32.2. The van der Waals surface area contributed by atoms with Gasteiger partial charge in [0.15, 0.2) is 11.0 Å². The SMILES string of the molecule is COc1ccc(CN(Cc2ccc(OC)cc2)c2cc(C)c(C(F)(F)F)c(C3Cc4nc(SC)nc(OS(=O)(=O)C(F)(F)F)c4CO3)c2F)cc1. The van der Waals surface area contributed by atoms with Crippen LogP contribution in [0.15, 0.2) is 59.8 Å². The molecule has 18 heteroatoms. The number of fused-ring (bicyclic) bond motifs is 1. The third-order valence-electron chi connectivity index (χ3n) is 7.99. The third-order valence-corrected chi connectivity index (χ3v) is 9.48. The Labute approximate surface area is 292 Å². The van der Waals surface area contributed by atoms with Crippen molar-refractivity contribution in [2.24, 2.45) is 0 Å². The number of halogens is 7. The number of anilines is 1. The average molecular weight is 762 g/mol. The van der Waals surface area contributed by atoms with E-state index in [1.807, 2.05) is 0 Å². The van der Waals surface area contributed by atoms with Gasteiger partial charge in [-0.05, 0) is 60.2 Å². The summed E-state index contributed by atoms with van der Waals surface area (Å²) in [5.74, 6) is -1.11. The van der Waals surface area contributed by atoms with Crippen molar-refractivity contribution in [3.63, 3.8) is 0 Å². The lowest BCUT2D eigenvalue weighted by atomic mass is 9.91. The van der Waals surface area contributed by atoms with Crippen LogP contribution in [0, 0.1) is 12.7 Å². The van der Waals surface area contributed by atoms with Crippen molar-refractivity contribution in [2.75, 3.05) is 25.4 Å². The molecule has 0 N–H and O–H groups in total. The summed E-state index contributed by atoms with van der Waals surface area (Å²) in [6.45, 7) is 0.528. The first-order chi connectivity index (χ1) is 23.9. The Kier molecular flexibility index (Phi) is 11.0. The highest BCUT2D eigenvalue weighted by Crippen LogP contribution is 2.46. The lowest BCUT2D eigenvalue weighted by Gasteiger charge is -2.32. The van der Waals surface area contributed by atoms with Gasteiger partial charge in [0.25, 0.3) is 0 Å². The van der Waals surface area contributed by atoms with E-state index in [2.05, 4.69) is 14.2 Å². The predicted octanol–water partition coefficient (Wildman–Crippen LogP) is 7.93. The van der Waals surface area contributed by atoms with Crippen LogP contribution in [-0.2, 0) is 47.1 Å². The Morgan fingerprint density at radius 1 is 0.922 bits per heavy atom. The number of nitrogens with zero attached hydrogens (tertiary/aromatic N) is 3. The van der Waals surface area contributed by atoms with Gasteiger partial charge in [0.05, 0.1) is 49.4 Å². The molecule has 5 rings (SSSR count). The van der Waals surface area contributed by atoms with E-state index in [1.54, 1.807) is 53.4 Å². The molecule has 9 nitrogen and oxygen atoms in total. The van der Waals surface area contributed by atoms with Crippen LogP contribution in [0.25, 0.3) is 0 Å². The molecule has 0 spiro atoms. The summed E-state index contributed by atoms with van der Waals surface area (Å²) in [5, 5.41) is -0.228. The molecule has 0 amide bonds. The second-order valence-electron chi connectivity index (χ2n) is 11.3. The molecule has 4 aromatic rings. The number of hydrogen-bond donors (Lipinski definition) is 0. The van der Waals surface area contributed by atoms with Crippen molar-refractivity contribution in [3.05, 3.63) is 99.5 Å². The molecule has 1 aromatic heterocycles. The van der Waals surface area contributed by atoms with Crippen molar-refractivity contribution in [3.8, 4) is 17.4 Å². The summed E-state index contributed by atoms with van der Waals surface area (Å²) in [4.78, 5) is 9.47. The molecule has 1 atom stereocenters. The molecule has 3 aromatic carbocycles. The Bertz CT molecular complexity index is 1940. The van der Waals surface area contributed by atoms with Gasteiger partial charge in [-0.15, -0.1) is 0 Å². The molecule has 0 fully saturated rings. The van der Waals surface area contributed by atoms with Gasteiger partial charge in [0.2, 0.25) is 5.88 Å². The van der Waals surface area contributed by atoms with Crippen LogP contribution in [-0.4, -0.2) is 44.4 Å². The number of alkyl halides is 6. The fourth-order valence-electron chi connectivity index (χ4n) is 5.55. The summed E-state index contributed by atoms with van der Waals surface area (Å²) >= 11 is 0.816. The summed E-state index contributed by atoms with van der Waals surface area (Å²) < 4.78 is 145. The van der Waals surface area contributed by atoms with Gasteiger partial charge < -0.3 is 23.3 Å². The molecule has 0 radical (unpaired) electrons. The Balaban J connectivity index is 1.62. The quantitative estimate of drug-likeness (QED) is 0.0493. The van der Waals surface area contributed by atoms with E-state index in [4.69, 9.17) is 14.2 Å². The molecule has 0 aliphatic carbocycles. The molecule has 0 saturated heterocycles. The zero-order valence-electron chi connectivity index (χ0n) is 27.4. The summed E-state index contributed by atoms with van der Waals surface area (Å²) in [6.07, 6.45) is -5.83. The fraction of sp³-hybridized carbons (Fsp3) is 0.333. The normalized spacial score (nSPS) is 14.9. The van der Waals surface area contributed by atoms with E-state index >= 15 is 4.39 Å². The number of aryl methyl sites for hydroxylation is 1. The number of hydrogen-bond acceptors (Lipinski definition) is 10. The maximum atomic E-state index is 16.9. The van der Waals surface area contributed by atoms with Crippen LogP contribution < -0.4 is 18.6 Å². The molecule has 51 heavy (non-hydrogen) atoms. The molecule has 0 saturated carbocycles. The zero-order valence-corrected chi connectivity index (χ0v) is 29.0. The number of rotatable bonds is 11. The van der Waals surface area contributed by atoms with E-state index in [-0.39, 0.29) is 40.8 Å². The van der Waals surface area contributed by atoms with Crippen LogP contribution in [0.1, 0.15) is 45.2 Å². The summed E-state index contributed by atoms with van der Waals surface area (Å²) in [7, 11) is -3.19. The van der Waals surface area contributed by atoms with Crippen LogP contribution >= 0.6 is 11.8 Å². The standard InChI is InChI=1S/C33H30F7N3O6S2/c1-18-13-25(43(15-19-5-9-21(46-2)10-6-19)16-20-7-11-22(47-3)12-8-20)29(34)27(28(18)32(35,36)37)26-14-24-23(17-48-26)30(42-31(41-24)50-4)49-51(44,45)33(38,39)40/h5-13,26H,14-17H2,1-4H3. The minimum Gasteiger partial charge on any atom is -0.497 e. The number of methoxy groups -OCH3 is 2. The Morgan fingerprint density at radius 2 is 1.47 bits per heavy atom. The summed E-state index contributed by atoms with van der Waals surface area (Å²) in [6, 6.07) is 14.8. The maximum absolute atomic E-state index is 16.9. The molecular weight excluding hydrogens is 731 g/mol. The molecule has 1 aliphatic heterocycles. The van der Waals surface area contributed by atoms with Gasteiger partial charge in [-0.3, -0.25) is 0 Å². The van der Waals surface area contributed by atoms with Gasteiger partial charge in [0.1, 0.15) is 11.5 Å². The van der Waals surface area contributed by atoms with E-state index < -0.39 is 63.8 Å². The van der Waals surface area contributed by atoms with Gasteiger partial charge >= 0.3 is 21.8 Å². The second-order valence-corrected chi connectivity index (χ2v) is 13.6. The van der Waals surface area contributed by atoms with E-state index in [9.17, 15) is 34.8 Å². The molecule has 2 heterocycles. The van der Waals surface area contributed by atoms with E-state index in [1.165, 1.54) is 27.4 Å². The van der Waals surface area contributed by atoms with E-state index in [0.29, 0.717) is 22.6 Å². The topological polar surface area (TPSA) is 100 Å². The number of thioether (sulfide) groups is 1. The minimum absolute atomic E-state index is 0.0598. The van der Waals surface area contributed by atoms with Crippen molar-refractivity contribution in [1.82, 2.24) is 9.97 Å². The van der Waals surface area contributed by atoms with Gasteiger partial charge in [0, 0.05) is 25.1 Å². The number of benzene rings is 3. The first-order valence-electron chi connectivity index (χ1n) is 14.9. The second kappa shape index (κ2) is 14.7. The maximum Gasteiger partial charge on any atom is 0.534 e. The molecule has 0 bridgehead atoms.